The molecule has 0 aromatic heterocycles. The fourth-order valence-corrected chi connectivity index (χ4v) is 2.38. The van der Waals surface area contributed by atoms with Gasteiger partial charge in [0.15, 0.2) is 0 Å². The Labute approximate surface area is 118 Å². The highest BCUT2D eigenvalue weighted by molar-refractivity contribution is 5.85. The number of esters is 1. The Morgan fingerprint density at radius 1 is 1.25 bits per heavy atom. The number of rotatable bonds is 5. The monoisotopic (exact) mass is 267 g/mol. The van der Waals surface area contributed by atoms with E-state index < -0.39 is 11.9 Å². The fraction of sp³-hybridized carbons (Fsp3) is 0.294. The first kappa shape index (κ1) is 14.1. The summed E-state index contributed by atoms with van der Waals surface area (Å²) in [5.41, 5.74) is 1.25. The molecule has 0 N–H and O–H groups in total. The highest BCUT2D eigenvalue weighted by atomic mass is 16.5. The van der Waals surface area contributed by atoms with Crippen molar-refractivity contribution in [3.63, 3.8) is 0 Å². The number of nitriles is 1. The summed E-state index contributed by atoms with van der Waals surface area (Å²) >= 11 is 0. The lowest BCUT2D eigenvalue weighted by molar-refractivity contribution is -0.143. The number of ether oxygens (including phenoxy) is 1. The van der Waals surface area contributed by atoms with E-state index in [4.69, 9.17) is 5.26 Å². The van der Waals surface area contributed by atoms with E-state index in [0.717, 1.165) is 12.8 Å². The van der Waals surface area contributed by atoms with Crippen LogP contribution in [0.2, 0.25) is 0 Å². The largest absolute Gasteiger partial charge is 0.468 e. The van der Waals surface area contributed by atoms with Gasteiger partial charge in [-0.2, -0.15) is 5.26 Å². The summed E-state index contributed by atoms with van der Waals surface area (Å²) in [4.78, 5) is 11.4. The molecule has 20 heavy (non-hydrogen) atoms. The Morgan fingerprint density at radius 3 is 2.75 bits per heavy atom. The second-order valence-electron chi connectivity index (χ2n) is 4.74. The molecule has 0 aliphatic carbocycles. The molecule has 1 unspecified atom stereocenters. The van der Waals surface area contributed by atoms with Gasteiger partial charge in [-0.15, -0.1) is 0 Å². The van der Waals surface area contributed by atoms with E-state index in [1.54, 1.807) is 0 Å². The Kier molecular flexibility index (Phi) is 4.73. The highest BCUT2D eigenvalue weighted by Crippen LogP contribution is 2.21. The molecule has 0 aliphatic heterocycles. The smallest absolute Gasteiger partial charge is 0.323 e. The van der Waals surface area contributed by atoms with Gasteiger partial charge in [-0.1, -0.05) is 42.5 Å². The number of nitrogens with zero attached hydrogens (tertiary/aromatic N) is 1. The van der Waals surface area contributed by atoms with Crippen LogP contribution < -0.4 is 0 Å². The van der Waals surface area contributed by atoms with Crippen LogP contribution in [0.5, 0.6) is 0 Å². The average Bonchev–Trinajstić information content (AvgIpc) is 2.51. The summed E-state index contributed by atoms with van der Waals surface area (Å²) in [5.74, 6) is -1.10. The molecule has 3 heteroatoms. The van der Waals surface area contributed by atoms with Gasteiger partial charge < -0.3 is 4.74 Å². The van der Waals surface area contributed by atoms with E-state index in [1.807, 2.05) is 24.3 Å². The molecule has 0 saturated heterocycles. The Bertz CT molecular complexity index is 637. The fourth-order valence-electron chi connectivity index (χ4n) is 2.38. The molecule has 3 nitrogen and oxygen atoms in total. The molecule has 0 aliphatic rings. The van der Waals surface area contributed by atoms with Gasteiger partial charge in [0.05, 0.1) is 13.2 Å². The first-order valence-electron chi connectivity index (χ1n) is 6.70. The number of methoxy groups -OCH3 is 1. The van der Waals surface area contributed by atoms with E-state index in [9.17, 15) is 4.79 Å². The van der Waals surface area contributed by atoms with Crippen molar-refractivity contribution in [2.24, 2.45) is 5.92 Å². The number of carbonyl (C=O) groups is 1. The summed E-state index contributed by atoms with van der Waals surface area (Å²) in [6, 6.07) is 16.5. The topological polar surface area (TPSA) is 50.1 Å². The molecule has 0 radical (unpaired) electrons. The third kappa shape index (κ3) is 3.16. The van der Waals surface area contributed by atoms with Crippen LogP contribution in [0.1, 0.15) is 18.4 Å². The van der Waals surface area contributed by atoms with Gasteiger partial charge in [-0.05, 0) is 35.6 Å². The van der Waals surface area contributed by atoms with Crippen molar-refractivity contribution in [2.45, 2.75) is 19.3 Å². The molecule has 2 aromatic rings. The predicted molar refractivity (Wildman–Crippen MR) is 78.0 cm³/mol. The molecule has 0 bridgehead atoms. The van der Waals surface area contributed by atoms with Crippen molar-refractivity contribution in [3.8, 4) is 6.07 Å². The van der Waals surface area contributed by atoms with Gasteiger partial charge in [0.1, 0.15) is 5.92 Å². The van der Waals surface area contributed by atoms with Crippen LogP contribution in [0, 0.1) is 17.2 Å². The van der Waals surface area contributed by atoms with Gasteiger partial charge in [0.2, 0.25) is 0 Å². The zero-order valence-corrected chi connectivity index (χ0v) is 11.5. The lowest BCUT2D eigenvalue weighted by atomic mass is 9.97. The Balaban J connectivity index is 2.03. The summed E-state index contributed by atoms with van der Waals surface area (Å²) in [6.07, 6.45) is 2.18. The number of hydrogen-bond donors (Lipinski definition) is 0. The van der Waals surface area contributed by atoms with Crippen LogP contribution in [0.4, 0.5) is 0 Å². The van der Waals surface area contributed by atoms with Gasteiger partial charge in [-0.3, -0.25) is 4.79 Å². The van der Waals surface area contributed by atoms with Crippen molar-refractivity contribution < 1.29 is 9.53 Å². The molecule has 2 rings (SSSR count). The van der Waals surface area contributed by atoms with Crippen LogP contribution >= 0.6 is 0 Å². The average molecular weight is 267 g/mol. The molecule has 102 valence electrons. The lowest BCUT2D eigenvalue weighted by Crippen LogP contribution is -2.14. The van der Waals surface area contributed by atoms with E-state index in [0.29, 0.717) is 6.42 Å². The van der Waals surface area contributed by atoms with Crippen LogP contribution in [-0.2, 0) is 16.0 Å². The first-order chi connectivity index (χ1) is 9.76. The standard InChI is InChI=1S/C17H17NO2/c1-20-17(19)15(12-18)10-5-9-14-8-4-7-13-6-2-3-11-16(13)14/h2-4,6-8,11,15H,5,9-10H2,1H3. The van der Waals surface area contributed by atoms with Gasteiger partial charge in [-0.25, -0.2) is 0 Å². The van der Waals surface area contributed by atoms with Crippen LogP contribution in [-0.4, -0.2) is 13.1 Å². The number of carbonyl (C=O) groups excluding carboxylic acids is 1. The first-order valence-corrected chi connectivity index (χ1v) is 6.70. The van der Waals surface area contributed by atoms with Crippen molar-refractivity contribution >= 4 is 16.7 Å². The van der Waals surface area contributed by atoms with Crippen LogP contribution in [0.15, 0.2) is 42.5 Å². The van der Waals surface area contributed by atoms with E-state index in [-0.39, 0.29) is 0 Å². The zero-order valence-electron chi connectivity index (χ0n) is 11.5. The van der Waals surface area contributed by atoms with Crippen molar-refractivity contribution in [1.29, 1.82) is 5.26 Å². The lowest BCUT2D eigenvalue weighted by Gasteiger charge is -2.08. The Morgan fingerprint density at radius 2 is 2.00 bits per heavy atom. The maximum atomic E-state index is 11.4. The molecular weight excluding hydrogens is 250 g/mol. The van der Waals surface area contributed by atoms with E-state index >= 15 is 0 Å². The van der Waals surface area contributed by atoms with Gasteiger partial charge in [0.25, 0.3) is 0 Å². The number of benzene rings is 2. The maximum absolute atomic E-state index is 11.4. The molecule has 1 atom stereocenters. The van der Waals surface area contributed by atoms with E-state index in [2.05, 4.69) is 29.0 Å². The second-order valence-corrected chi connectivity index (χ2v) is 4.74. The molecule has 0 spiro atoms. The predicted octanol–water partition coefficient (Wildman–Crippen LogP) is 3.48. The molecule has 2 aromatic carbocycles. The number of fused-ring (bicyclic) bond motifs is 1. The molecule has 0 amide bonds. The number of aryl methyl sites for hydroxylation is 1. The van der Waals surface area contributed by atoms with Crippen LogP contribution in [0.3, 0.4) is 0 Å². The highest BCUT2D eigenvalue weighted by Gasteiger charge is 2.17. The third-order valence-corrected chi connectivity index (χ3v) is 3.46. The minimum absolute atomic E-state index is 0.439. The molecule has 0 fully saturated rings. The minimum Gasteiger partial charge on any atom is -0.468 e. The quantitative estimate of drug-likeness (QED) is 0.779. The van der Waals surface area contributed by atoms with Crippen LogP contribution in [0.25, 0.3) is 10.8 Å². The summed E-state index contributed by atoms with van der Waals surface area (Å²) < 4.78 is 4.61. The van der Waals surface area contributed by atoms with E-state index in [1.165, 1.54) is 23.4 Å². The maximum Gasteiger partial charge on any atom is 0.323 e. The van der Waals surface area contributed by atoms with Crippen molar-refractivity contribution in [3.05, 3.63) is 48.0 Å². The van der Waals surface area contributed by atoms with Crippen molar-refractivity contribution in [2.75, 3.05) is 7.11 Å². The summed E-state index contributed by atoms with van der Waals surface area (Å²) in [6.45, 7) is 0. The van der Waals surface area contributed by atoms with Crippen molar-refractivity contribution in [1.82, 2.24) is 0 Å². The molecule has 0 saturated carbocycles. The summed E-state index contributed by atoms with van der Waals surface area (Å²) in [5, 5.41) is 11.4. The summed E-state index contributed by atoms with van der Waals surface area (Å²) in [7, 11) is 1.32. The minimum atomic E-state index is -0.657. The number of hydrogen-bond acceptors (Lipinski definition) is 3. The third-order valence-electron chi connectivity index (χ3n) is 3.46. The molecule has 0 heterocycles. The van der Waals surface area contributed by atoms with Gasteiger partial charge >= 0.3 is 5.97 Å². The normalized spacial score (nSPS) is 11.8. The Hall–Kier alpha value is -2.34. The second kappa shape index (κ2) is 6.72. The molecular formula is C17H17NO2. The SMILES string of the molecule is COC(=O)C(C#N)CCCc1cccc2ccccc12. The van der Waals surface area contributed by atoms with Gasteiger partial charge in [0, 0.05) is 0 Å². The zero-order chi connectivity index (χ0) is 14.4.